The first-order valence-electron chi connectivity index (χ1n) is 6.57. The van der Waals surface area contributed by atoms with Crippen LogP contribution in [0.5, 0.6) is 5.75 Å². The first-order chi connectivity index (χ1) is 11.0. The third kappa shape index (κ3) is 4.31. The molecule has 2 rings (SSSR count). The molecule has 0 aliphatic carbocycles. The molecule has 0 saturated carbocycles. The number of nitro benzene ring substituents is 1. The van der Waals surface area contributed by atoms with Gasteiger partial charge in [-0.1, -0.05) is 17.7 Å². The lowest BCUT2D eigenvalue weighted by Crippen LogP contribution is -2.09. The van der Waals surface area contributed by atoms with Crippen molar-refractivity contribution in [2.24, 2.45) is 0 Å². The molecule has 2 aromatic rings. The summed E-state index contributed by atoms with van der Waals surface area (Å²) in [5.41, 5.74) is 1.12. The molecule has 0 unspecified atom stereocenters. The van der Waals surface area contributed by atoms with E-state index in [1.807, 2.05) is 0 Å². The van der Waals surface area contributed by atoms with E-state index in [4.69, 9.17) is 16.3 Å². The van der Waals surface area contributed by atoms with Gasteiger partial charge in [0.2, 0.25) is 5.91 Å². The number of hydrogen-bond donors (Lipinski definition) is 1. The monoisotopic (exact) mass is 332 g/mol. The Hall–Kier alpha value is -2.86. The first kappa shape index (κ1) is 16.5. The average Bonchev–Trinajstić information content (AvgIpc) is 2.53. The minimum Gasteiger partial charge on any atom is -0.493 e. The molecule has 0 aliphatic heterocycles. The molecule has 0 aliphatic rings. The number of para-hydroxylation sites is 1. The van der Waals surface area contributed by atoms with Gasteiger partial charge >= 0.3 is 0 Å². The smallest absolute Gasteiger partial charge is 0.269 e. The highest BCUT2D eigenvalue weighted by atomic mass is 35.5. The number of nitrogens with one attached hydrogen (secondary N) is 1. The van der Waals surface area contributed by atoms with Crippen LogP contribution in [0.15, 0.2) is 48.5 Å². The predicted molar refractivity (Wildman–Crippen MR) is 88.8 cm³/mol. The fourth-order valence-corrected chi connectivity index (χ4v) is 2.12. The van der Waals surface area contributed by atoms with Crippen LogP contribution in [0.2, 0.25) is 5.02 Å². The van der Waals surface area contributed by atoms with Gasteiger partial charge in [0.15, 0.2) is 5.75 Å². The summed E-state index contributed by atoms with van der Waals surface area (Å²) in [6.07, 6.45) is 2.87. The molecule has 1 amide bonds. The molecule has 23 heavy (non-hydrogen) atoms. The Morgan fingerprint density at radius 3 is 2.57 bits per heavy atom. The lowest BCUT2D eigenvalue weighted by molar-refractivity contribution is -0.384. The summed E-state index contributed by atoms with van der Waals surface area (Å²) in [5.74, 6) is 0.00942. The fraction of sp³-hybridized carbons (Fsp3) is 0.0625. The number of nitrogens with zero attached hydrogens (tertiary/aromatic N) is 1. The summed E-state index contributed by atoms with van der Waals surface area (Å²) in [7, 11) is 1.46. The van der Waals surface area contributed by atoms with Crippen molar-refractivity contribution < 1.29 is 14.5 Å². The SMILES string of the molecule is COc1c(Cl)cccc1NC(=O)C=Cc1ccc([N+](=O)[O-])cc1. The van der Waals surface area contributed by atoms with Gasteiger partial charge in [0, 0.05) is 18.2 Å². The Labute approximate surface area is 137 Å². The van der Waals surface area contributed by atoms with Crippen molar-refractivity contribution in [2.75, 3.05) is 12.4 Å². The molecular weight excluding hydrogens is 320 g/mol. The molecule has 0 spiro atoms. The maximum Gasteiger partial charge on any atom is 0.269 e. The number of nitro groups is 1. The number of benzene rings is 2. The van der Waals surface area contributed by atoms with Crippen molar-refractivity contribution in [2.45, 2.75) is 0 Å². The van der Waals surface area contributed by atoms with Crippen LogP contribution in [0.4, 0.5) is 11.4 Å². The third-order valence-corrected chi connectivity index (χ3v) is 3.26. The number of rotatable bonds is 5. The molecule has 6 nitrogen and oxygen atoms in total. The number of hydrogen-bond acceptors (Lipinski definition) is 4. The molecule has 7 heteroatoms. The van der Waals surface area contributed by atoms with Gasteiger partial charge in [0.05, 0.1) is 22.7 Å². The molecule has 0 heterocycles. The summed E-state index contributed by atoms with van der Waals surface area (Å²) in [5, 5.41) is 13.6. The Bertz CT molecular complexity index is 757. The molecular formula is C16H13ClN2O4. The van der Waals surface area contributed by atoms with E-state index in [2.05, 4.69) is 5.32 Å². The normalized spacial score (nSPS) is 10.5. The van der Waals surface area contributed by atoms with Gasteiger partial charge in [0.1, 0.15) is 0 Å². The van der Waals surface area contributed by atoms with Gasteiger partial charge in [-0.25, -0.2) is 0 Å². The zero-order valence-electron chi connectivity index (χ0n) is 12.2. The Morgan fingerprint density at radius 1 is 1.26 bits per heavy atom. The van der Waals surface area contributed by atoms with Crippen molar-refractivity contribution in [1.82, 2.24) is 0 Å². The van der Waals surface area contributed by atoms with E-state index in [9.17, 15) is 14.9 Å². The standard InChI is InChI=1S/C16H13ClN2O4/c1-23-16-13(17)3-2-4-14(16)18-15(20)10-7-11-5-8-12(9-6-11)19(21)22/h2-10H,1H3,(H,18,20). The minimum atomic E-state index is -0.481. The van der Waals surface area contributed by atoms with Gasteiger partial charge in [-0.2, -0.15) is 0 Å². The van der Waals surface area contributed by atoms with E-state index >= 15 is 0 Å². The number of anilines is 1. The predicted octanol–water partition coefficient (Wildman–Crippen LogP) is 3.91. The zero-order valence-corrected chi connectivity index (χ0v) is 12.9. The van der Waals surface area contributed by atoms with Crippen LogP contribution in [0.1, 0.15) is 5.56 Å². The highest BCUT2D eigenvalue weighted by molar-refractivity contribution is 6.32. The molecule has 0 aromatic heterocycles. The van der Waals surface area contributed by atoms with Crippen LogP contribution in [0, 0.1) is 10.1 Å². The zero-order chi connectivity index (χ0) is 16.8. The molecule has 118 valence electrons. The highest BCUT2D eigenvalue weighted by Gasteiger charge is 2.09. The molecule has 0 atom stereocenters. The van der Waals surface area contributed by atoms with E-state index < -0.39 is 4.92 Å². The van der Waals surface area contributed by atoms with Gasteiger partial charge < -0.3 is 10.1 Å². The third-order valence-electron chi connectivity index (χ3n) is 2.96. The Balaban J connectivity index is 2.07. The van der Waals surface area contributed by atoms with Gasteiger partial charge in [-0.05, 0) is 35.9 Å². The average molecular weight is 333 g/mol. The second-order valence-corrected chi connectivity index (χ2v) is 4.90. The summed E-state index contributed by atoms with van der Waals surface area (Å²) in [6, 6.07) is 10.9. The number of non-ortho nitro benzene ring substituents is 1. The van der Waals surface area contributed by atoms with Crippen molar-refractivity contribution in [3.05, 3.63) is 69.2 Å². The van der Waals surface area contributed by atoms with Gasteiger partial charge in [-0.15, -0.1) is 0 Å². The van der Waals surface area contributed by atoms with Crippen molar-refractivity contribution >= 4 is 35.0 Å². The second-order valence-electron chi connectivity index (χ2n) is 4.49. The fourth-order valence-electron chi connectivity index (χ4n) is 1.87. The summed E-state index contributed by atoms with van der Waals surface area (Å²) < 4.78 is 5.14. The van der Waals surface area contributed by atoms with Crippen LogP contribution < -0.4 is 10.1 Å². The summed E-state index contributed by atoms with van der Waals surface area (Å²) >= 11 is 5.98. The van der Waals surface area contributed by atoms with Crippen LogP contribution >= 0.6 is 11.6 Å². The lowest BCUT2D eigenvalue weighted by Gasteiger charge is -2.09. The van der Waals surface area contributed by atoms with E-state index in [1.165, 1.54) is 25.3 Å². The van der Waals surface area contributed by atoms with Crippen molar-refractivity contribution in [1.29, 1.82) is 0 Å². The Kier molecular flexibility index (Phi) is 5.32. The maximum atomic E-state index is 11.9. The molecule has 0 fully saturated rings. The van der Waals surface area contributed by atoms with E-state index in [0.29, 0.717) is 22.0 Å². The number of ether oxygens (including phenoxy) is 1. The van der Waals surface area contributed by atoms with E-state index in [-0.39, 0.29) is 11.6 Å². The topological polar surface area (TPSA) is 81.5 Å². The van der Waals surface area contributed by atoms with Crippen LogP contribution in [-0.4, -0.2) is 17.9 Å². The maximum absolute atomic E-state index is 11.9. The number of carbonyl (C=O) groups is 1. The number of carbonyl (C=O) groups excluding carboxylic acids is 1. The van der Waals surface area contributed by atoms with Crippen LogP contribution in [-0.2, 0) is 4.79 Å². The summed E-state index contributed by atoms with van der Waals surface area (Å²) in [6.45, 7) is 0. The molecule has 2 aromatic carbocycles. The second kappa shape index (κ2) is 7.42. The minimum absolute atomic E-state index is 0.00438. The molecule has 0 saturated heterocycles. The molecule has 1 N–H and O–H groups in total. The highest BCUT2D eigenvalue weighted by Crippen LogP contribution is 2.32. The summed E-state index contributed by atoms with van der Waals surface area (Å²) in [4.78, 5) is 22.0. The van der Waals surface area contributed by atoms with Gasteiger partial charge in [0.25, 0.3) is 5.69 Å². The van der Waals surface area contributed by atoms with E-state index in [1.54, 1.807) is 36.4 Å². The quantitative estimate of drug-likeness (QED) is 0.511. The lowest BCUT2D eigenvalue weighted by atomic mass is 10.2. The number of methoxy groups -OCH3 is 1. The van der Waals surface area contributed by atoms with Gasteiger partial charge in [-0.3, -0.25) is 14.9 Å². The van der Waals surface area contributed by atoms with E-state index in [0.717, 1.165) is 0 Å². The number of amides is 1. The van der Waals surface area contributed by atoms with Crippen LogP contribution in [0.3, 0.4) is 0 Å². The Morgan fingerprint density at radius 2 is 1.96 bits per heavy atom. The largest absolute Gasteiger partial charge is 0.493 e. The molecule has 0 bridgehead atoms. The van der Waals surface area contributed by atoms with Crippen LogP contribution in [0.25, 0.3) is 6.08 Å². The molecule has 0 radical (unpaired) electrons. The number of halogens is 1. The van der Waals surface area contributed by atoms with Crippen molar-refractivity contribution in [3.63, 3.8) is 0 Å². The van der Waals surface area contributed by atoms with Crippen molar-refractivity contribution in [3.8, 4) is 5.75 Å². The first-order valence-corrected chi connectivity index (χ1v) is 6.95.